The highest BCUT2D eigenvalue weighted by Gasteiger charge is 2.18. The van der Waals surface area contributed by atoms with Crippen LogP contribution in [0.25, 0.3) is 5.52 Å². The number of pyridine rings is 1. The topological polar surface area (TPSA) is 58.6 Å². The lowest BCUT2D eigenvalue weighted by molar-refractivity contribution is 0.405. The number of anilines is 2. The Morgan fingerprint density at radius 1 is 1.35 bits per heavy atom. The molecule has 0 saturated carbocycles. The van der Waals surface area contributed by atoms with Gasteiger partial charge in [0.05, 0.1) is 5.52 Å². The van der Waals surface area contributed by atoms with Crippen molar-refractivity contribution in [3.8, 4) is 0 Å². The lowest BCUT2D eigenvalue weighted by Gasteiger charge is -2.09. The molecular weight excluding hydrogens is 250 g/mol. The zero-order valence-electron chi connectivity index (χ0n) is 12.3. The summed E-state index contributed by atoms with van der Waals surface area (Å²) in [6.45, 7) is 1.96. The highest BCUT2D eigenvalue weighted by molar-refractivity contribution is 5.81. The summed E-state index contributed by atoms with van der Waals surface area (Å²) in [5.74, 6) is 0.823. The molecular formula is C15H23N5. The van der Waals surface area contributed by atoms with E-state index < -0.39 is 0 Å². The molecule has 0 spiro atoms. The van der Waals surface area contributed by atoms with E-state index >= 15 is 0 Å². The van der Waals surface area contributed by atoms with Crippen molar-refractivity contribution < 1.29 is 0 Å². The molecule has 0 amide bonds. The third-order valence-corrected chi connectivity index (χ3v) is 3.96. The summed E-state index contributed by atoms with van der Waals surface area (Å²) in [6.07, 6.45) is 4.57. The maximum atomic E-state index is 6.22. The maximum absolute atomic E-state index is 6.22. The van der Waals surface area contributed by atoms with E-state index in [9.17, 15) is 0 Å². The summed E-state index contributed by atoms with van der Waals surface area (Å²) in [5, 5.41) is 8.03. The van der Waals surface area contributed by atoms with Crippen LogP contribution in [0.5, 0.6) is 0 Å². The smallest absolute Gasteiger partial charge is 0.172 e. The monoisotopic (exact) mass is 273 g/mol. The van der Waals surface area contributed by atoms with E-state index in [0.29, 0.717) is 0 Å². The van der Waals surface area contributed by atoms with Crippen molar-refractivity contribution in [2.45, 2.75) is 25.7 Å². The predicted octanol–water partition coefficient (Wildman–Crippen LogP) is 1.77. The summed E-state index contributed by atoms with van der Waals surface area (Å²) >= 11 is 0. The van der Waals surface area contributed by atoms with Crippen LogP contribution in [0.1, 0.15) is 24.1 Å². The highest BCUT2D eigenvalue weighted by Crippen LogP contribution is 2.29. The summed E-state index contributed by atoms with van der Waals surface area (Å²) in [6, 6.07) is 4.29. The van der Waals surface area contributed by atoms with Gasteiger partial charge >= 0.3 is 0 Å². The molecule has 2 aromatic rings. The largest absolute Gasteiger partial charge is 0.394 e. The Bertz CT molecular complexity index is 614. The van der Waals surface area contributed by atoms with Gasteiger partial charge in [0.25, 0.3) is 0 Å². The number of fused-ring (bicyclic) bond motifs is 3. The molecule has 2 aromatic heterocycles. The molecule has 0 radical (unpaired) electrons. The van der Waals surface area contributed by atoms with Gasteiger partial charge in [-0.3, -0.25) is 0 Å². The Balaban J connectivity index is 1.80. The minimum Gasteiger partial charge on any atom is -0.394 e. The van der Waals surface area contributed by atoms with Crippen molar-refractivity contribution in [3.05, 3.63) is 23.4 Å². The maximum Gasteiger partial charge on any atom is 0.172 e. The fraction of sp³-hybridized carbons (Fsp3) is 0.533. The van der Waals surface area contributed by atoms with Crippen LogP contribution in [0, 0.1) is 0 Å². The van der Waals surface area contributed by atoms with Crippen LogP contribution < -0.4 is 11.1 Å². The summed E-state index contributed by atoms with van der Waals surface area (Å²) in [7, 11) is 4.17. The zero-order valence-corrected chi connectivity index (χ0v) is 12.3. The van der Waals surface area contributed by atoms with Crippen molar-refractivity contribution in [2.75, 3.05) is 38.2 Å². The van der Waals surface area contributed by atoms with Crippen LogP contribution in [0.15, 0.2) is 12.1 Å². The van der Waals surface area contributed by atoms with Gasteiger partial charge in [0.2, 0.25) is 0 Å². The normalized spacial score (nSPS) is 14.2. The Morgan fingerprint density at radius 3 is 3.00 bits per heavy atom. The summed E-state index contributed by atoms with van der Waals surface area (Å²) in [5.41, 5.74) is 10.8. The van der Waals surface area contributed by atoms with Crippen LogP contribution in [0.4, 0.5) is 11.5 Å². The van der Waals surface area contributed by atoms with Gasteiger partial charge in [0, 0.05) is 12.2 Å². The highest BCUT2D eigenvalue weighted by atomic mass is 15.3. The average molecular weight is 273 g/mol. The lowest BCUT2D eigenvalue weighted by atomic mass is 10.2. The summed E-state index contributed by atoms with van der Waals surface area (Å²) < 4.78 is 2.03. The van der Waals surface area contributed by atoms with Crippen molar-refractivity contribution in [2.24, 2.45) is 0 Å². The Labute approximate surface area is 119 Å². The quantitative estimate of drug-likeness (QED) is 0.815. The molecule has 3 N–H and O–H groups in total. The molecule has 2 heterocycles. The number of aryl methyl sites for hydroxylation is 2. The van der Waals surface area contributed by atoms with Gasteiger partial charge in [-0.25, -0.2) is 4.52 Å². The van der Waals surface area contributed by atoms with E-state index in [0.717, 1.165) is 49.4 Å². The fourth-order valence-electron chi connectivity index (χ4n) is 2.89. The Hall–Kier alpha value is -1.75. The van der Waals surface area contributed by atoms with Crippen molar-refractivity contribution >= 4 is 17.0 Å². The van der Waals surface area contributed by atoms with Gasteiger partial charge in [0.1, 0.15) is 5.69 Å². The van der Waals surface area contributed by atoms with E-state index in [2.05, 4.69) is 41.5 Å². The Kier molecular flexibility index (Phi) is 3.53. The van der Waals surface area contributed by atoms with Crippen LogP contribution >= 0.6 is 0 Å². The van der Waals surface area contributed by atoms with Gasteiger partial charge in [0.15, 0.2) is 5.82 Å². The molecule has 0 aliphatic heterocycles. The van der Waals surface area contributed by atoms with Gasteiger partial charge < -0.3 is 16.0 Å². The third-order valence-electron chi connectivity index (χ3n) is 3.96. The molecule has 1 aliphatic carbocycles. The lowest BCUT2D eigenvalue weighted by Crippen LogP contribution is -2.16. The molecule has 0 aromatic carbocycles. The molecule has 0 unspecified atom stereocenters. The standard InChI is InChI=1S/C15H23N5/c1-19(2)10-4-9-17-15-14(16)13-8-7-11-5-3-6-12(11)20(13)18-15/h7-8H,3-6,9-10,16H2,1-2H3,(H,17,18). The van der Waals surface area contributed by atoms with Crippen molar-refractivity contribution in [3.63, 3.8) is 0 Å². The first-order chi connectivity index (χ1) is 9.66. The SMILES string of the molecule is CN(C)CCCNc1nn2c3c(ccc2c1N)CCC3. The van der Waals surface area contributed by atoms with E-state index in [1.165, 1.54) is 17.7 Å². The molecule has 5 nitrogen and oxygen atoms in total. The van der Waals surface area contributed by atoms with Crippen molar-refractivity contribution in [1.82, 2.24) is 14.5 Å². The van der Waals surface area contributed by atoms with E-state index in [1.54, 1.807) is 0 Å². The number of rotatable bonds is 5. The number of aromatic nitrogens is 2. The fourth-order valence-corrected chi connectivity index (χ4v) is 2.89. The first kappa shape index (κ1) is 13.2. The van der Waals surface area contributed by atoms with E-state index in [4.69, 9.17) is 5.73 Å². The molecule has 108 valence electrons. The molecule has 5 heteroatoms. The minimum atomic E-state index is 0.768. The first-order valence-corrected chi connectivity index (χ1v) is 7.34. The van der Waals surface area contributed by atoms with Crippen LogP contribution in [0.2, 0.25) is 0 Å². The molecule has 1 aliphatic rings. The summed E-state index contributed by atoms with van der Waals surface area (Å²) in [4.78, 5) is 2.18. The van der Waals surface area contributed by atoms with Gasteiger partial charge in [-0.05, 0) is 58.0 Å². The van der Waals surface area contributed by atoms with E-state index in [-0.39, 0.29) is 0 Å². The molecule has 3 rings (SSSR count). The number of hydrogen-bond acceptors (Lipinski definition) is 4. The number of hydrogen-bond donors (Lipinski definition) is 2. The molecule has 0 bridgehead atoms. The van der Waals surface area contributed by atoms with E-state index in [1.807, 2.05) is 4.52 Å². The predicted molar refractivity (Wildman–Crippen MR) is 83.3 cm³/mol. The molecule has 0 saturated heterocycles. The second-order valence-corrected chi connectivity index (χ2v) is 5.80. The Morgan fingerprint density at radius 2 is 2.20 bits per heavy atom. The van der Waals surface area contributed by atoms with Gasteiger partial charge in [-0.15, -0.1) is 5.10 Å². The second kappa shape index (κ2) is 5.32. The average Bonchev–Trinajstić information content (AvgIpc) is 3.00. The zero-order chi connectivity index (χ0) is 14.1. The number of nitrogens with two attached hydrogens (primary N) is 1. The number of nitrogens with zero attached hydrogens (tertiary/aromatic N) is 3. The minimum absolute atomic E-state index is 0.768. The van der Waals surface area contributed by atoms with Crippen LogP contribution in [0.3, 0.4) is 0 Å². The number of nitrogens with one attached hydrogen (secondary N) is 1. The second-order valence-electron chi connectivity index (χ2n) is 5.80. The molecule has 20 heavy (non-hydrogen) atoms. The van der Waals surface area contributed by atoms with Crippen LogP contribution in [-0.2, 0) is 12.8 Å². The van der Waals surface area contributed by atoms with Crippen molar-refractivity contribution in [1.29, 1.82) is 0 Å². The molecule has 0 atom stereocenters. The third kappa shape index (κ3) is 2.33. The van der Waals surface area contributed by atoms with Gasteiger partial charge in [-0.1, -0.05) is 6.07 Å². The first-order valence-electron chi connectivity index (χ1n) is 7.34. The molecule has 0 fully saturated rings. The number of nitrogen functional groups attached to an aromatic ring is 1. The van der Waals surface area contributed by atoms with Crippen LogP contribution in [-0.4, -0.2) is 41.7 Å². The van der Waals surface area contributed by atoms with Gasteiger partial charge in [-0.2, -0.15) is 0 Å².